The average Bonchev–Trinajstić information content (AvgIpc) is 3.24. The van der Waals surface area contributed by atoms with E-state index >= 15 is 0 Å². The minimum Gasteiger partial charge on any atom is -0.466 e. The fraction of sp³-hybridized carbons (Fsp3) is 0.722. The van der Waals surface area contributed by atoms with E-state index in [2.05, 4.69) is 40.9 Å². The molecular weight excluding hydrogens is 431 g/mol. The Labute approximate surface area is 168 Å². The molecule has 25 heavy (non-hydrogen) atoms. The molecule has 7 heteroatoms. The number of hydrogen-bond acceptors (Lipinski definition) is 4. The number of aliphatic imine (C=N–C) groups is 1. The highest BCUT2D eigenvalue weighted by atomic mass is 127. The summed E-state index contributed by atoms with van der Waals surface area (Å²) in [6.07, 6.45) is 2.73. The van der Waals surface area contributed by atoms with Gasteiger partial charge in [0.05, 0.1) is 12.8 Å². The maximum atomic E-state index is 10.6. The number of likely N-dealkylation sites (N-methyl/N-ethyl adjacent to an activating group) is 1. The lowest BCUT2D eigenvalue weighted by Gasteiger charge is -2.27. The van der Waals surface area contributed by atoms with Crippen LogP contribution in [0.1, 0.15) is 39.9 Å². The molecule has 1 fully saturated rings. The minimum atomic E-state index is -1.10. The summed E-state index contributed by atoms with van der Waals surface area (Å²) in [4.78, 5) is 9.47. The fourth-order valence-corrected chi connectivity index (χ4v) is 3.29. The van der Waals surface area contributed by atoms with Gasteiger partial charge in [0, 0.05) is 25.7 Å². The molecule has 0 amide bonds. The highest BCUT2D eigenvalue weighted by molar-refractivity contribution is 14.0. The minimum absolute atomic E-state index is 0. The Balaban J connectivity index is 0.00000312. The van der Waals surface area contributed by atoms with Crippen molar-refractivity contribution in [2.45, 2.75) is 45.8 Å². The number of nitrogens with one attached hydrogen (secondary N) is 1. The smallest absolute Gasteiger partial charge is 0.194 e. The summed E-state index contributed by atoms with van der Waals surface area (Å²) in [5.74, 6) is 1.42. The number of guanidine groups is 1. The normalized spacial score (nSPS) is 20.5. The van der Waals surface area contributed by atoms with Crippen molar-refractivity contribution in [3.63, 3.8) is 0 Å². The third-order valence-electron chi connectivity index (χ3n) is 4.72. The molecule has 2 N–H and O–H groups in total. The Morgan fingerprint density at radius 1 is 1.44 bits per heavy atom. The van der Waals surface area contributed by atoms with Gasteiger partial charge in [-0.1, -0.05) is 13.8 Å². The molecule has 6 nitrogen and oxygen atoms in total. The maximum absolute atomic E-state index is 10.6. The van der Waals surface area contributed by atoms with E-state index in [4.69, 9.17) is 4.42 Å². The number of nitrogens with zero attached hydrogens (tertiary/aromatic N) is 3. The van der Waals surface area contributed by atoms with Gasteiger partial charge in [0.1, 0.15) is 11.4 Å². The van der Waals surface area contributed by atoms with Gasteiger partial charge in [0.25, 0.3) is 0 Å². The molecule has 2 heterocycles. The zero-order valence-corrected chi connectivity index (χ0v) is 18.2. The van der Waals surface area contributed by atoms with Crippen molar-refractivity contribution < 1.29 is 9.52 Å². The first-order chi connectivity index (χ1) is 11.5. The van der Waals surface area contributed by atoms with Gasteiger partial charge in [-0.3, -0.25) is 4.90 Å². The van der Waals surface area contributed by atoms with Gasteiger partial charge < -0.3 is 19.7 Å². The first-order valence-corrected chi connectivity index (χ1v) is 9.05. The Hall–Kier alpha value is -0.800. The van der Waals surface area contributed by atoms with E-state index in [-0.39, 0.29) is 30.5 Å². The molecule has 0 saturated carbocycles. The quantitative estimate of drug-likeness (QED) is 0.369. The summed E-state index contributed by atoms with van der Waals surface area (Å²) >= 11 is 0. The summed E-state index contributed by atoms with van der Waals surface area (Å²) in [7, 11) is 0. The summed E-state index contributed by atoms with van der Waals surface area (Å²) in [6, 6.07) is 4.15. The van der Waals surface area contributed by atoms with Crippen LogP contribution < -0.4 is 5.32 Å². The van der Waals surface area contributed by atoms with Crippen molar-refractivity contribution in [2.24, 2.45) is 4.99 Å². The second-order valence-electron chi connectivity index (χ2n) is 6.53. The molecule has 0 aliphatic carbocycles. The van der Waals surface area contributed by atoms with Gasteiger partial charge in [-0.05, 0) is 45.5 Å². The predicted octanol–water partition coefficient (Wildman–Crippen LogP) is 2.49. The number of hydrogen-bond donors (Lipinski definition) is 2. The second kappa shape index (κ2) is 10.4. The molecule has 0 bridgehead atoms. The van der Waals surface area contributed by atoms with E-state index in [0.717, 1.165) is 45.1 Å². The SMILES string of the molecule is CCNC(=NCC(C)(O)c1ccco1)N1CCC(N(CC)CC)C1.I. The van der Waals surface area contributed by atoms with E-state index in [9.17, 15) is 5.11 Å². The number of aliphatic hydroxyl groups is 1. The summed E-state index contributed by atoms with van der Waals surface area (Å²) in [6.45, 7) is 13.5. The van der Waals surface area contributed by atoms with Gasteiger partial charge >= 0.3 is 0 Å². The van der Waals surface area contributed by atoms with Crippen LogP contribution in [0, 0.1) is 0 Å². The van der Waals surface area contributed by atoms with Crippen LogP contribution in [0.5, 0.6) is 0 Å². The molecule has 1 aromatic heterocycles. The van der Waals surface area contributed by atoms with Gasteiger partial charge in [0.2, 0.25) is 0 Å². The lowest BCUT2D eigenvalue weighted by atomic mass is 10.0. The molecule has 2 atom stereocenters. The molecular formula is C18H33IN4O2. The van der Waals surface area contributed by atoms with Crippen molar-refractivity contribution in [2.75, 3.05) is 39.3 Å². The third-order valence-corrected chi connectivity index (χ3v) is 4.72. The Bertz CT molecular complexity index is 515. The van der Waals surface area contributed by atoms with Crippen LogP contribution >= 0.6 is 24.0 Å². The first kappa shape index (κ1) is 22.2. The molecule has 1 aliphatic rings. The molecule has 2 rings (SSSR count). The molecule has 0 spiro atoms. The lowest BCUT2D eigenvalue weighted by Crippen LogP contribution is -2.44. The summed E-state index contributed by atoms with van der Waals surface area (Å²) in [5.41, 5.74) is -1.10. The fourth-order valence-electron chi connectivity index (χ4n) is 3.29. The third kappa shape index (κ3) is 5.86. The van der Waals surface area contributed by atoms with Gasteiger partial charge in [-0.25, -0.2) is 4.99 Å². The number of furan rings is 1. The first-order valence-electron chi connectivity index (χ1n) is 9.05. The van der Waals surface area contributed by atoms with Crippen LogP contribution in [0.15, 0.2) is 27.8 Å². The standard InChI is InChI=1S/C18H32N4O2.HI/c1-5-19-17(20-14-18(4,23)16-9-8-12-24-16)22-11-10-15(13-22)21(6-2)7-3;/h8-9,12,15,23H,5-7,10-11,13-14H2,1-4H3,(H,19,20);1H. The second-order valence-corrected chi connectivity index (χ2v) is 6.53. The van der Waals surface area contributed by atoms with Crippen LogP contribution in [0.2, 0.25) is 0 Å². The summed E-state index contributed by atoms with van der Waals surface area (Å²) in [5, 5.41) is 13.9. The van der Waals surface area contributed by atoms with E-state index in [1.165, 1.54) is 0 Å². The summed E-state index contributed by atoms with van der Waals surface area (Å²) < 4.78 is 5.33. The Morgan fingerprint density at radius 3 is 2.72 bits per heavy atom. The van der Waals surface area contributed by atoms with Crippen LogP contribution in [-0.2, 0) is 5.60 Å². The Kier molecular flexibility index (Phi) is 9.23. The largest absolute Gasteiger partial charge is 0.466 e. The highest BCUT2D eigenvalue weighted by Crippen LogP contribution is 2.22. The monoisotopic (exact) mass is 464 g/mol. The van der Waals surface area contributed by atoms with Gasteiger partial charge in [-0.15, -0.1) is 24.0 Å². The average molecular weight is 464 g/mol. The van der Waals surface area contributed by atoms with Crippen LogP contribution in [0.25, 0.3) is 0 Å². The molecule has 2 unspecified atom stereocenters. The van der Waals surface area contributed by atoms with E-state index in [1.54, 1.807) is 25.3 Å². The van der Waals surface area contributed by atoms with Crippen molar-refractivity contribution >= 4 is 29.9 Å². The van der Waals surface area contributed by atoms with E-state index < -0.39 is 5.60 Å². The molecule has 0 aromatic carbocycles. The van der Waals surface area contributed by atoms with Crippen molar-refractivity contribution in [3.8, 4) is 0 Å². The van der Waals surface area contributed by atoms with Crippen molar-refractivity contribution in [3.05, 3.63) is 24.2 Å². The zero-order valence-electron chi connectivity index (χ0n) is 15.9. The predicted molar refractivity (Wildman–Crippen MR) is 113 cm³/mol. The van der Waals surface area contributed by atoms with Crippen LogP contribution in [0.3, 0.4) is 0 Å². The van der Waals surface area contributed by atoms with Gasteiger partial charge in [-0.2, -0.15) is 0 Å². The molecule has 1 saturated heterocycles. The lowest BCUT2D eigenvalue weighted by molar-refractivity contribution is 0.0435. The number of rotatable bonds is 7. The maximum Gasteiger partial charge on any atom is 0.194 e. The highest BCUT2D eigenvalue weighted by Gasteiger charge is 2.30. The number of likely N-dealkylation sites (tertiary alicyclic amines) is 1. The van der Waals surface area contributed by atoms with Crippen molar-refractivity contribution in [1.29, 1.82) is 0 Å². The Morgan fingerprint density at radius 2 is 2.16 bits per heavy atom. The number of halogens is 1. The van der Waals surface area contributed by atoms with Gasteiger partial charge in [0.15, 0.2) is 5.96 Å². The molecule has 1 aliphatic heterocycles. The molecule has 1 aromatic rings. The van der Waals surface area contributed by atoms with Crippen LogP contribution in [0.4, 0.5) is 0 Å². The zero-order chi connectivity index (χ0) is 17.6. The van der Waals surface area contributed by atoms with Crippen LogP contribution in [-0.4, -0.2) is 66.2 Å². The molecule has 144 valence electrons. The van der Waals surface area contributed by atoms with E-state index in [0.29, 0.717) is 11.8 Å². The van der Waals surface area contributed by atoms with E-state index in [1.807, 2.05) is 0 Å². The van der Waals surface area contributed by atoms with Crippen molar-refractivity contribution in [1.82, 2.24) is 15.1 Å². The topological polar surface area (TPSA) is 64.2 Å². The molecule has 0 radical (unpaired) electrons.